The Labute approximate surface area is 162 Å². The molecule has 0 radical (unpaired) electrons. The summed E-state index contributed by atoms with van der Waals surface area (Å²) in [6.45, 7) is 0.797. The molecule has 2 aromatic carbocycles. The quantitative estimate of drug-likeness (QED) is 0.355. The predicted molar refractivity (Wildman–Crippen MR) is 103 cm³/mol. The van der Waals surface area contributed by atoms with Crippen LogP contribution in [0, 0.1) is 0 Å². The number of ether oxygens (including phenoxy) is 1. The number of Topliss-reactive ketones (excluding diaryl/α,β-unsaturated/α-hetero) is 1. The average molecular weight is 386 g/mol. The fourth-order valence-electron chi connectivity index (χ4n) is 3.26. The largest absolute Gasteiger partial charge is 0.507 e. The van der Waals surface area contributed by atoms with E-state index in [1.807, 2.05) is 6.07 Å². The van der Waals surface area contributed by atoms with Crippen LogP contribution < -0.4 is 0 Å². The molecular formula is C21H20ClNO4. The molecule has 0 bridgehead atoms. The van der Waals surface area contributed by atoms with Crippen LogP contribution in [-0.2, 0) is 14.3 Å². The van der Waals surface area contributed by atoms with Crippen molar-refractivity contribution >= 4 is 29.1 Å². The summed E-state index contributed by atoms with van der Waals surface area (Å²) >= 11 is 6.13. The van der Waals surface area contributed by atoms with Gasteiger partial charge in [-0.2, -0.15) is 0 Å². The standard InChI is InChI=1S/C21H20ClNO4/c1-27-12-6-11-23-18(15-9-5-10-16(22)13-15)17(20(25)21(23)26)19(24)14-7-3-2-4-8-14/h2-5,7-10,13,18,24H,6,11-12H2,1H3. The molecular weight excluding hydrogens is 366 g/mol. The van der Waals surface area contributed by atoms with Gasteiger partial charge in [-0.3, -0.25) is 9.59 Å². The van der Waals surface area contributed by atoms with Crippen molar-refractivity contribution in [2.24, 2.45) is 0 Å². The number of nitrogens with zero attached hydrogens (tertiary/aromatic N) is 1. The lowest BCUT2D eigenvalue weighted by Gasteiger charge is -2.25. The number of halogens is 1. The van der Waals surface area contributed by atoms with Crippen LogP contribution in [-0.4, -0.2) is 42.0 Å². The van der Waals surface area contributed by atoms with Gasteiger partial charge >= 0.3 is 0 Å². The molecule has 1 heterocycles. The number of amides is 1. The van der Waals surface area contributed by atoms with Gasteiger partial charge in [-0.05, 0) is 24.1 Å². The van der Waals surface area contributed by atoms with E-state index in [4.69, 9.17) is 16.3 Å². The highest BCUT2D eigenvalue weighted by molar-refractivity contribution is 6.46. The first-order valence-electron chi connectivity index (χ1n) is 8.63. The van der Waals surface area contributed by atoms with Crippen molar-refractivity contribution in [2.45, 2.75) is 12.5 Å². The van der Waals surface area contributed by atoms with Crippen molar-refractivity contribution < 1.29 is 19.4 Å². The van der Waals surface area contributed by atoms with Crippen molar-refractivity contribution in [1.29, 1.82) is 0 Å². The van der Waals surface area contributed by atoms with Gasteiger partial charge in [0.25, 0.3) is 11.7 Å². The van der Waals surface area contributed by atoms with E-state index in [9.17, 15) is 14.7 Å². The fraction of sp³-hybridized carbons (Fsp3) is 0.238. The van der Waals surface area contributed by atoms with Gasteiger partial charge in [0.15, 0.2) is 0 Å². The minimum atomic E-state index is -0.696. The van der Waals surface area contributed by atoms with Crippen LogP contribution in [0.3, 0.4) is 0 Å². The lowest BCUT2D eigenvalue weighted by Crippen LogP contribution is -2.31. The monoisotopic (exact) mass is 385 g/mol. The number of hydrogen-bond acceptors (Lipinski definition) is 4. The number of benzene rings is 2. The van der Waals surface area contributed by atoms with Gasteiger partial charge in [0.2, 0.25) is 0 Å². The number of hydrogen-bond donors (Lipinski definition) is 1. The summed E-state index contributed by atoms with van der Waals surface area (Å²) in [4.78, 5) is 26.9. The minimum Gasteiger partial charge on any atom is -0.507 e. The van der Waals surface area contributed by atoms with E-state index in [1.54, 1.807) is 55.6 Å². The third kappa shape index (κ3) is 3.89. The number of carbonyl (C=O) groups excluding carboxylic acids is 2. The lowest BCUT2D eigenvalue weighted by molar-refractivity contribution is -0.140. The van der Waals surface area contributed by atoms with Crippen LogP contribution in [0.1, 0.15) is 23.6 Å². The molecule has 2 aromatic rings. The van der Waals surface area contributed by atoms with Gasteiger partial charge in [0.1, 0.15) is 5.76 Å². The number of aliphatic hydroxyl groups excluding tert-OH is 1. The second kappa shape index (κ2) is 8.37. The zero-order valence-corrected chi connectivity index (χ0v) is 15.6. The Balaban J connectivity index is 2.12. The molecule has 1 saturated heterocycles. The van der Waals surface area contributed by atoms with Crippen molar-refractivity contribution in [3.8, 4) is 0 Å². The highest BCUT2D eigenvalue weighted by atomic mass is 35.5. The molecule has 1 aliphatic rings. The molecule has 1 amide bonds. The summed E-state index contributed by atoms with van der Waals surface area (Å²) in [5.74, 6) is -1.51. The molecule has 0 spiro atoms. The molecule has 1 aliphatic heterocycles. The van der Waals surface area contributed by atoms with E-state index in [1.165, 1.54) is 4.90 Å². The van der Waals surface area contributed by atoms with Gasteiger partial charge in [-0.25, -0.2) is 0 Å². The fourth-order valence-corrected chi connectivity index (χ4v) is 3.46. The highest BCUT2D eigenvalue weighted by Gasteiger charge is 2.45. The third-order valence-corrected chi connectivity index (χ3v) is 4.73. The van der Waals surface area contributed by atoms with Gasteiger partial charge in [-0.15, -0.1) is 0 Å². The maximum absolute atomic E-state index is 12.8. The number of likely N-dealkylation sites (tertiary alicyclic amines) is 1. The summed E-state index contributed by atoms with van der Waals surface area (Å²) < 4.78 is 5.06. The summed E-state index contributed by atoms with van der Waals surface area (Å²) in [6, 6.07) is 15.0. The predicted octanol–water partition coefficient (Wildman–Crippen LogP) is 3.80. The Morgan fingerprint density at radius 3 is 2.56 bits per heavy atom. The molecule has 1 N–H and O–H groups in total. The van der Waals surface area contributed by atoms with Crippen LogP contribution in [0.4, 0.5) is 0 Å². The number of aliphatic hydroxyl groups is 1. The summed E-state index contributed by atoms with van der Waals surface area (Å²) in [6.07, 6.45) is 0.575. The van der Waals surface area contributed by atoms with E-state index in [-0.39, 0.29) is 11.3 Å². The normalized spacial score (nSPS) is 18.9. The van der Waals surface area contributed by atoms with Crippen LogP contribution in [0.2, 0.25) is 5.02 Å². The van der Waals surface area contributed by atoms with Crippen LogP contribution in [0.25, 0.3) is 5.76 Å². The number of rotatable bonds is 6. The Morgan fingerprint density at radius 2 is 1.89 bits per heavy atom. The summed E-state index contributed by atoms with van der Waals surface area (Å²) in [5, 5.41) is 11.3. The third-order valence-electron chi connectivity index (χ3n) is 4.50. The Hall–Kier alpha value is -2.63. The summed E-state index contributed by atoms with van der Waals surface area (Å²) in [7, 11) is 1.58. The van der Waals surface area contributed by atoms with Gasteiger partial charge in [0, 0.05) is 30.8 Å². The van der Waals surface area contributed by atoms with Crippen molar-refractivity contribution in [3.05, 3.63) is 76.3 Å². The van der Waals surface area contributed by atoms with Crippen LogP contribution >= 0.6 is 11.6 Å². The zero-order chi connectivity index (χ0) is 19.4. The molecule has 0 aromatic heterocycles. The maximum Gasteiger partial charge on any atom is 0.295 e. The first-order valence-corrected chi connectivity index (χ1v) is 9.00. The Kier molecular flexibility index (Phi) is 5.94. The number of carbonyl (C=O) groups is 2. The lowest BCUT2D eigenvalue weighted by atomic mass is 9.95. The molecule has 27 heavy (non-hydrogen) atoms. The van der Waals surface area contributed by atoms with Gasteiger partial charge in [-0.1, -0.05) is 54.1 Å². The molecule has 1 atom stereocenters. The second-order valence-corrected chi connectivity index (χ2v) is 6.70. The van der Waals surface area contributed by atoms with Crippen molar-refractivity contribution in [2.75, 3.05) is 20.3 Å². The molecule has 0 aliphatic carbocycles. The molecule has 1 unspecified atom stereocenters. The molecule has 1 fully saturated rings. The highest BCUT2D eigenvalue weighted by Crippen LogP contribution is 2.39. The Bertz CT molecular complexity index is 879. The van der Waals surface area contributed by atoms with E-state index < -0.39 is 17.7 Å². The van der Waals surface area contributed by atoms with E-state index >= 15 is 0 Å². The van der Waals surface area contributed by atoms with Gasteiger partial charge in [0.05, 0.1) is 11.6 Å². The average Bonchev–Trinajstić information content (AvgIpc) is 2.93. The second-order valence-electron chi connectivity index (χ2n) is 6.26. The van der Waals surface area contributed by atoms with Crippen LogP contribution in [0.5, 0.6) is 0 Å². The van der Waals surface area contributed by atoms with Crippen molar-refractivity contribution in [1.82, 2.24) is 4.90 Å². The number of methoxy groups -OCH3 is 1. The first-order chi connectivity index (χ1) is 13.0. The molecule has 5 nitrogen and oxygen atoms in total. The smallest absolute Gasteiger partial charge is 0.295 e. The van der Waals surface area contributed by atoms with Crippen molar-refractivity contribution in [3.63, 3.8) is 0 Å². The zero-order valence-electron chi connectivity index (χ0n) is 14.9. The first kappa shape index (κ1) is 19.1. The molecule has 6 heteroatoms. The Morgan fingerprint density at radius 1 is 1.15 bits per heavy atom. The number of ketones is 1. The van der Waals surface area contributed by atoms with Crippen LogP contribution in [0.15, 0.2) is 60.2 Å². The van der Waals surface area contributed by atoms with E-state index in [0.717, 1.165) is 0 Å². The van der Waals surface area contributed by atoms with Gasteiger partial charge < -0.3 is 14.7 Å². The molecule has 3 rings (SSSR count). The minimum absolute atomic E-state index is 0.0749. The van der Waals surface area contributed by atoms with E-state index in [0.29, 0.717) is 35.7 Å². The molecule has 0 saturated carbocycles. The summed E-state index contributed by atoms with van der Waals surface area (Å²) in [5.41, 5.74) is 1.24. The van der Waals surface area contributed by atoms with E-state index in [2.05, 4.69) is 0 Å². The topological polar surface area (TPSA) is 66.8 Å². The SMILES string of the molecule is COCCCN1C(=O)C(=O)C(=C(O)c2ccccc2)C1c1cccc(Cl)c1. The molecule has 140 valence electrons. The maximum atomic E-state index is 12.8.